The lowest BCUT2D eigenvalue weighted by Gasteiger charge is -2.27. The zero-order valence-electron chi connectivity index (χ0n) is 17.7. The molecule has 0 aliphatic carbocycles. The van der Waals surface area contributed by atoms with E-state index in [0.717, 1.165) is 10.5 Å². The molecule has 5 rings (SSSR count). The van der Waals surface area contributed by atoms with Crippen LogP contribution in [-0.2, 0) is 4.79 Å². The van der Waals surface area contributed by atoms with Crippen LogP contribution in [0.5, 0.6) is 0 Å². The molecule has 1 aliphatic rings. The van der Waals surface area contributed by atoms with Gasteiger partial charge in [0.2, 0.25) is 10.9 Å². The van der Waals surface area contributed by atoms with Crippen LogP contribution in [0.4, 0.5) is 10.3 Å². The predicted octanol–water partition coefficient (Wildman–Crippen LogP) is 3.86. The number of anilines is 1. The van der Waals surface area contributed by atoms with Crippen molar-refractivity contribution >= 4 is 40.0 Å². The van der Waals surface area contributed by atoms with E-state index in [1.807, 2.05) is 5.38 Å². The highest BCUT2D eigenvalue weighted by Gasteiger charge is 2.44. The van der Waals surface area contributed by atoms with E-state index < -0.39 is 23.8 Å². The standard InChI is InChI=1S/C23H18FN5O3S/c1-12(2)18(28-20(31)15-5-3-4-6-16(15)21(28)32)19(30)25-22-26-23-29(27-22)17(11-33-23)13-7-9-14(24)10-8-13/h3-12,18H,1-2H3,(H,25,27,30). The van der Waals surface area contributed by atoms with E-state index in [2.05, 4.69) is 15.4 Å². The number of carbonyl (C=O) groups is 3. The summed E-state index contributed by atoms with van der Waals surface area (Å²) in [5.74, 6) is -2.18. The first-order chi connectivity index (χ1) is 15.8. The molecule has 0 saturated heterocycles. The van der Waals surface area contributed by atoms with Crippen molar-refractivity contribution in [2.45, 2.75) is 19.9 Å². The maximum absolute atomic E-state index is 13.3. The Morgan fingerprint density at radius 3 is 2.27 bits per heavy atom. The van der Waals surface area contributed by atoms with Crippen molar-refractivity contribution in [1.82, 2.24) is 19.5 Å². The largest absolute Gasteiger partial charge is 0.291 e. The van der Waals surface area contributed by atoms with Crippen molar-refractivity contribution in [3.63, 3.8) is 0 Å². The van der Waals surface area contributed by atoms with Crippen molar-refractivity contribution in [1.29, 1.82) is 0 Å². The number of thiazole rings is 1. The molecule has 2 aromatic carbocycles. The monoisotopic (exact) mass is 463 g/mol. The number of hydrogen-bond acceptors (Lipinski definition) is 6. The Morgan fingerprint density at radius 1 is 1.03 bits per heavy atom. The number of amides is 3. The van der Waals surface area contributed by atoms with Crippen molar-refractivity contribution < 1.29 is 18.8 Å². The number of nitrogens with zero attached hydrogens (tertiary/aromatic N) is 4. The first-order valence-electron chi connectivity index (χ1n) is 10.2. The lowest BCUT2D eigenvalue weighted by molar-refractivity contribution is -0.121. The molecule has 1 atom stereocenters. The summed E-state index contributed by atoms with van der Waals surface area (Å²) in [6.07, 6.45) is 0. The number of hydrogen-bond donors (Lipinski definition) is 1. The molecule has 0 spiro atoms. The van der Waals surface area contributed by atoms with Crippen LogP contribution in [0.15, 0.2) is 53.9 Å². The molecular formula is C23H18FN5O3S. The fourth-order valence-electron chi connectivity index (χ4n) is 3.92. The van der Waals surface area contributed by atoms with Crippen LogP contribution in [0.3, 0.4) is 0 Å². The number of fused-ring (bicyclic) bond motifs is 2. The van der Waals surface area contributed by atoms with Gasteiger partial charge in [0.1, 0.15) is 11.9 Å². The van der Waals surface area contributed by atoms with Gasteiger partial charge < -0.3 is 0 Å². The average molecular weight is 463 g/mol. The lowest BCUT2D eigenvalue weighted by atomic mass is 10.0. The fourth-order valence-corrected chi connectivity index (χ4v) is 4.75. The van der Waals surface area contributed by atoms with Gasteiger partial charge in [-0.2, -0.15) is 4.98 Å². The second-order valence-electron chi connectivity index (χ2n) is 7.96. The molecule has 1 aliphatic heterocycles. The Hall–Kier alpha value is -3.92. The molecule has 0 fully saturated rings. The van der Waals surface area contributed by atoms with Crippen LogP contribution in [-0.4, -0.2) is 43.3 Å². The van der Waals surface area contributed by atoms with Gasteiger partial charge in [-0.25, -0.2) is 8.91 Å². The summed E-state index contributed by atoms with van der Waals surface area (Å²) < 4.78 is 14.8. The van der Waals surface area contributed by atoms with Gasteiger partial charge >= 0.3 is 0 Å². The maximum Gasteiger partial charge on any atom is 0.262 e. The zero-order chi connectivity index (χ0) is 23.3. The first kappa shape index (κ1) is 21.0. The summed E-state index contributed by atoms with van der Waals surface area (Å²) in [6, 6.07) is 11.5. The average Bonchev–Trinajstić information content (AvgIpc) is 3.43. The van der Waals surface area contributed by atoms with Crippen LogP contribution in [0, 0.1) is 11.7 Å². The molecule has 1 N–H and O–H groups in total. The highest BCUT2D eigenvalue weighted by molar-refractivity contribution is 7.15. The van der Waals surface area contributed by atoms with Gasteiger partial charge in [-0.3, -0.25) is 24.6 Å². The number of rotatable bonds is 5. The number of halogens is 1. The minimum Gasteiger partial charge on any atom is -0.291 e. The smallest absolute Gasteiger partial charge is 0.262 e. The summed E-state index contributed by atoms with van der Waals surface area (Å²) >= 11 is 1.32. The minimum atomic E-state index is -1.03. The lowest BCUT2D eigenvalue weighted by Crippen LogP contribution is -2.50. The van der Waals surface area contributed by atoms with Crippen molar-refractivity contribution in [3.8, 4) is 11.3 Å². The third kappa shape index (κ3) is 3.48. The van der Waals surface area contributed by atoms with E-state index in [0.29, 0.717) is 10.7 Å². The maximum atomic E-state index is 13.3. The highest BCUT2D eigenvalue weighted by atomic mass is 32.1. The topological polar surface area (TPSA) is 96.7 Å². The SMILES string of the molecule is CC(C)C(C(=O)Nc1nc2scc(-c3ccc(F)cc3)n2n1)N1C(=O)c2ccccc2C1=O. The quantitative estimate of drug-likeness (QED) is 0.454. The molecular weight excluding hydrogens is 445 g/mol. The van der Waals surface area contributed by atoms with Crippen molar-refractivity contribution in [3.05, 3.63) is 70.9 Å². The van der Waals surface area contributed by atoms with Gasteiger partial charge in [-0.05, 0) is 42.3 Å². The van der Waals surface area contributed by atoms with Crippen LogP contribution >= 0.6 is 11.3 Å². The Balaban J connectivity index is 1.43. The second-order valence-corrected chi connectivity index (χ2v) is 8.80. The molecule has 0 bridgehead atoms. The van der Waals surface area contributed by atoms with E-state index >= 15 is 0 Å². The molecule has 4 aromatic rings. The Morgan fingerprint density at radius 2 is 1.67 bits per heavy atom. The van der Waals surface area contributed by atoms with Crippen molar-refractivity contribution in [2.75, 3.05) is 5.32 Å². The molecule has 166 valence electrons. The van der Waals surface area contributed by atoms with Crippen LogP contribution in [0.2, 0.25) is 0 Å². The van der Waals surface area contributed by atoms with Crippen LogP contribution in [0.25, 0.3) is 16.2 Å². The normalized spacial score (nSPS) is 14.2. The van der Waals surface area contributed by atoms with Gasteiger partial charge in [-0.1, -0.05) is 26.0 Å². The van der Waals surface area contributed by atoms with Gasteiger partial charge in [0.05, 0.1) is 16.8 Å². The van der Waals surface area contributed by atoms with Crippen LogP contribution < -0.4 is 5.32 Å². The second kappa shape index (κ2) is 7.89. The van der Waals surface area contributed by atoms with E-state index in [1.54, 1.807) is 54.8 Å². The molecule has 0 saturated carbocycles. The Labute approximate surface area is 191 Å². The van der Waals surface area contributed by atoms with Gasteiger partial charge in [0.15, 0.2) is 0 Å². The first-order valence-corrected chi connectivity index (χ1v) is 11.1. The third-order valence-corrected chi connectivity index (χ3v) is 6.28. The molecule has 33 heavy (non-hydrogen) atoms. The van der Waals surface area contributed by atoms with Gasteiger partial charge in [0, 0.05) is 10.9 Å². The zero-order valence-corrected chi connectivity index (χ0v) is 18.5. The molecule has 1 unspecified atom stereocenters. The Bertz CT molecular complexity index is 1370. The summed E-state index contributed by atoms with van der Waals surface area (Å²) in [5, 5.41) is 8.85. The molecule has 2 aromatic heterocycles. The van der Waals surface area contributed by atoms with E-state index in [-0.39, 0.29) is 28.8 Å². The number of nitrogens with one attached hydrogen (secondary N) is 1. The van der Waals surface area contributed by atoms with E-state index in [9.17, 15) is 18.8 Å². The van der Waals surface area contributed by atoms with Crippen LogP contribution in [0.1, 0.15) is 34.6 Å². The third-order valence-electron chi connectivity index (χ3n) is 5.46. The number of imide groups is 1. The number of carbonyl (C=O) groups excluding carboxylic acids is 3. The fraction of sp³-hybridized carbons (Fsp3) is 0.174. The van der Waals surface area contributed by atoms with E-state index in [1.165, 1.54) is 23.5 Å². The van der Waals surface area contributed by atoms with Gasteiger partial charge in [0.25, 0.3) is 17.8 Å². The summed E-state index contributed by atoms with van der Waals surface area (Å²) in [6.45, 7) is 3.53. The summed E-state index contributed by atoms with van der Waals surface area (Å²) in [7, 11) is 0. The highest BCUT2D eigenvalue weighted by Crippen LogP contribution is 2.29. The molecule has 0 radical (unpaired) electrons. The Kier molecular flexibility index (Phi) is 5.01. The number of aromatic nitrogens is 3. The molecule has 10 heteroatoms. The minimum absolute atomic E-state index is 0.0532. The predicted molar refractivity (Wildman–Crippen MR) is 120 cm³/mol. The summed E-state index contributed by atoms with van der Waals surface area (Å²) in [4.78, 5) is 44.9. The van der Waals surface area contributed by atoms with Gasteiger partial charge in [-0.15, -0.1) is 16.4 Å². The van der Waals surface area contributed by atoms with E-state index in [4.69, 9.17) is 0 Å². The summed E-state index contributed by atoms with van der Waals surface area (Å²) in [5.41, 5.74) is 2.01. The van der Waals surface area contributed by atoms with Crippen molar-refractivity contribution in [2.24, 2.45) is 5.92 Å². The molecule has 3 heterocycles. The molecule has 8 nitrogen and oxygen atoms in total. The molecule has 3 amide bonds. The number of benzene rings is 2.